The van der Waals surface area contributed by atoms with Crippen molar-refractivity contribution in [1.82, 2.24) is 5.06 Å². The Balaban J connectivity index is 2.38. The fourth-order valence-corrected chi connectivity index (χ4v) is 3.31. The van der Waals surface area contributed by atoms with Gasteiger partial charge in [0.1, 0.15) is 11.9 Å². The second kappa shape index (κ2) is 7.94. The van der Waals surface area contributed by atoms with Crippen molar-refractivity contribution in [1.29, 1.82) is 0 Å². The molecule has 1 aromatic rings. The molecule has 2 heterocycles. The van der Waals surface area contributed by atoms with Crippen molar-refractivity contribution in [3.05, 3.63) is 23.4 Å². The zero-order chi connectivity index (χ0) is 21.3. The molecule has 1 amide bonds. The molecule has 10 nitrogen and oxygen atoms in total. The van der Waals surface area contributed by atoms with Crippen LogP contribution in [0.5, 0.6) is 0 Å². The van der Waals surface area contributed by atoms with Crippen LogP contribution >= 0.6 is 0 Å². The lowest BCUT2D eigenvalue weighted by molar-refractivity contribution is -0.684. The second-order valence-corrected chi connectivity index (χ2v) is 8.66. The summed E-state index contributed by atoms with van der Waals surface area (Å²) < 4.78 is 32.6. The van der Waals surface area contributed by atoms with Crippen LogP contribution in [0.2, 0.25) is 0 Å². The van der Waals surface area contributed by atoms with Crippen molar-refractivity contribution in [2.24, 2.45) is 4.99 Å². The van der Waals surface area contributed by atoms with E-state index >= 15 is 0 Å². The Morgan fingerprint density at radius 1 is 1.36 bits per heavy atom. The SMILES string of the molecule is CC1=Nc2c(cc(C(=O)N(C)OCC(=O)O)c[n+]2CCCS(=O)(=O)O)C1(C)C. The lowest BCUT2D eigenvalue weighted by Crippen LogP contribution is -2.39. The predicted octanol–water partition coefficient (Wildman–Crippen LogP) is 0.724. The van der Waals surface area contributed by atoms with Gasteiger partial charge in [0.05, 0.1) is 28.8 Å². The van der Waals surface area contributed by atoms with Gasteiger partial charge in [-0.05, 0) is 31.8 Å². The van der Waals surface area contributed by atoms with Crippen molar-refractivity contribution >= 4 is 33.5 Å². The minimum atomic E-state index is -4.10. The van der Waals surface area contributed by atoms with Crippen LogP contribution in [-0.4, -0.2) is 60.1 Å². The van der Waals surface area contributed by atoms with Crippen molar-refractivity contribution in [2.75, 3.05) is 19.4 Å². The molecule has 1 aliphatic heterocycles. The molecule has 0 saturated carbocycles. The smallest absolute Gasteiger partial charge is 0.332 e. The number of fused-ring (bicyclic) bond motifs is 1. The summed E-state index contributed by atoms with van der Waals surface area (Å²) in [6.45, 7) is 5.34. The number of aromatic nitrogens is 1. The number of pyridine rings is 1. The Morgan fingerprint density at radius 3 is 2.57 bits per heavy atom. The Hall–Kier alpha value is -2.37. The number of aliphatic carboxylic acids is 1. The molecule has 0 spiro atoms. The fraction of sp³-hybridized carbons (Fsp3) is 0.529. The average molecular weight is 414 g/mol. The van der Waals surface area contributed by atoms with Crippen LogP contribution in [0, 0.1) is 0 Å². The molecule has 0 bridgehead atoms. The van der Waals surface area contributed by atoms with E-state index in [0.29, 0.717) is 5.82 Å². The fourth-order valence-electron chi connectivity index (χ4n) is 2.82. The first-order valence-corrected chi connectivity index (χ1v) is 10.2. The number of nitrogens with zero attached hydrogens (tertiary/aromatic N) is 3. The minimum Gasteiger partial charge on any atom is -0.479 e. The summed E-state index contributed by atoms with van der Waals surface area (Å²) in [5.41, 5.74) is 1.44. The van der Waals surface area contributed by atoms with Gasteiger partial charge in [-0.1, -0.05) is 0 Å². The number of rotatable bonds is 8. The summed E-state index contributed by atoms with van der Waals surface area (Å²) in [6, 6.07) is 1.68. The third-order valence-electron chi connectivity index (χ3n) is 4.68. The third kappa shape index (κ3) is 4.91. The number of aryl methyl sites for hydroxylation is 1. The molecule has 1 aromatic heterocycles. The molecule has 11 heteroatoms. The van der Waals surface area contributed by atoms with Crippen LogP contribution in [0.1, 0.15) is 43.1 Å². The molecule has 0 aliphatic carbocycles. The number of aliphatic imine (C=N–C) groups is 1. The van der Waals surface area contributed by atoms with E-state index < -0.39 is 39.8 Å². The third-order valence-corrected chi connectivity index (χ3v) is 5.48. The van der Waals surface area contributed by atoms with E-state index in [9.17, 15) is 18.0 Å². The largest absolute Gasteiger partial charge is 0.479 e. The number of hydrogen-bond acceptors (Lipinski definition) is 6. The highest BCUT2D eigenvalue weighted by Crippen LogP contribution is 2.38. The molecule has 2 rings (SSSR count). The Bertz CT molecular complexity index is 938. The zero-order valence-electron chi connectivity index (χ0n) is 16.2. The molecule has 0 atom stereocenters. The van der Waals surface area contributed by atoms with Gasteiger partial charge in [-0.3, -0.25) is 14.2 Å². The van der Waals surface area contributed by atoms with Gasteiger partial charge in [0.15, 0.2) is 6.61 Å². The molecule has 0 aromatic carbocycles. The molecule has 0 unspecified atom stereocenters. The number of carboxylic acids is 1. The van der Waals surface area contributed by atoms with Crippen molar-refractivity contribution in [2.45, 2.75) is 39.2 Å². The predicted molar refractivity (Wildman–Crippen MR) is 99.1 cm³/mol. The van der Waals surface area contributed by atoms with Crippen molar-refractivity contribution < 1.29 is 37.1 Å². The highest BCUT2D eigenvalue weighted by molar-refractivity contribution is 7.85. The monoisotopic (exact) mass is 414 g/mol. The molecule has 2 N–H and O–H groups in total. The van der Waals surface area contributed by atoms with E-state index in [-0.39, 0.29) is 18.5 Å². The number of carbonyl (C=O) groups is 2. The number of hydrogen-bond donors (Lipinski definition) is 2. The van der Waals surface area contributed by atoms with E-state index in [0.717, 1.165) is 16.3 Å². The van der Waals surface area contributed by atoms with E-state index in [1.54, 1.807) is 10.6 Å². The average Bonchev–Trinajstić information content (AvgIpc) is 2.80. The molecule has 0 radical (unpaired) electrons. The van der Waals surface area contributed by atoms with Gasteiger partial charge in [-0.25, -0.2) is 14.4 Å². The Kier molecular flexibility index (Phi) is 6.21. The maximum Gasteiger partial charge on any atom is 0.332 e. The van der Waals surface area contributed by atoms with Gasteiger partial charge in [0, 0.05) is 13.5 Å². The topological polar surface area (TPSA) is 137 Å². The van der Waals surface area contributed by atoms with Crippen LogP contribution in [0.25, 0.3) is 0 Å². The maximum atomic E-state index is 12.7. The number of hydroxylamine groups is 2. The Labute approximate surface area is 163 Å². The van der Waals surface area contributed by atoms with Gasteiger partial charge < -0.3 is 5.11 Å². The summed E-state index contributed by atoms with van der Waals surface area (Å²) in [5.74, 6) is -1.56. The van der Waals surface area contributed by atoms with Gasteiger partial charge in [0.2, 0.25) is 0 Å². The van der Waals surface area contributed by atoms with Gasteiger partial charge in [0.25, 0.3) is 16.0 Å². The highest BCUT2D eigenvalue weighted by atomic mass is 32.2. The van der Waals surface area contributed by atoms with Crippen LogP contribution < -0.4 is 4.57 Å². The standard InChI is InChI=1S/C17H23N3O7S/c1-11-17(2,3)13-8-12(16(23)19(4)27-10-14(21)22)9-20(15(13)18-11)6-5-7-28(24,25)26/h8-9H,5-7,10H2,1-4H3,(H-,21,22,24,25,26)/p+1. The van der Waals surface area contributed by atoms with Crippen molar-refractivity contribution in [3.63, 3.8) is 0 Å². The molecule has 1 aliphatic rings. The summed E-state index contributed by atoms with van der Waals surface area (Å²) in [4.78, 5) is 32.8. The number of amides is 1. The van der Waals surface area contributed by atoms with Crippen LogP contribution in [0.3, 0.4) is 0 Å². The summed E-state index contributed by atoms with van der Waals surface area (Å²) in [5, 5.41) is 9.54. The first-order chi connectivity index (χ1) is 12.8. The van der Waals surface area contributed by atoms with Gasteiger partial charge >= 0.3 is 11.8 Å². The summed E-state index contributed by atoms with van der Waals surface area (Å²) in [7, 11) is -2.78. The number of carbonyl (C=O) groups excluding carboxylic acids is 1. The summed E-state index contributed by atoms with van der Waals surface area (Å²) >= 11 is 0. The van der Waals surface area contributed by atoms with Gasteiger partial charge in [-0.15, -0.1) is 0 Å². The van der Waals surface area contributed by atoms with Crippen LogP contribution in [0.15, 0.2) is 17.3 Å². The number of carboxylic acid groups (broad SMARTS) is 1. The molecule has 154 valence electrons. The van der Waals surface area contributed by atoms with Crippen LogP contribution in [-0.2, 0) is 31.7 Å². The van der Waals surface area contributed by atoms with E-state index in [2.05, 4.69) is 4.99 Å². The van der Waals surface area contributed by atoms with E-state index in [4.69, 9.17) is 14.5 Å². The molecular weight excluding hydrogens is 390 g/mol. The lowest BCUT2D eigenvalue weighted by Gasteiger charge is -2.19. The zero-order valence-corrected chi connectivity index (χ0v) is 17.0. The van der Waals surface area contributed by atoms with Gasteiger partial charge in [-0.2, -0.15) is 8.42 Å². The first kappa shape index (κ1) is 21.9. The highest BCUT2D eigenvalue weighted by Gasteiger charge is 2.42. The normalized spacial score (nSPS) is 15.1. The quantitative estimate of drug-likeness (QED) is 0.363. The molecule has 0 saturated heterocycles. The molecule has 0 fully saturated rings. The molecule has 28 heavy (non-hydrogen) atoms. The summed E-state index contributed by atoms with van der Waals surface area (Å²) in [6.07, 6.45) is 1.65. The van der Waals surface area contributed by atoms with E-state index in [1.807, 2.05) is 20.8 Å². The Morgan fingerprint density at radius 2 is 2.00 bits per heavy atom. The van der Waals surface area contributed by atoms with E-state index in [1.165, 1.54) is 13.2 Å². The maximum absolute atomic E-state index is 12.7. The first-order valence-electron chi connectivity index (χ1n) is 8.54. The minimum absolute atomic E-state index is 0.133. The molecular formula is C17H24N3O7S+. The van der Waals surface area contributed by atoms with Crippen molar-refractivity contribution in [3.8, 4) is 0 Å². The second-order valence-electron chi connectivity index (χ2n) is 7.09. The lowest BCUT2D eigenvalue weighted by atomic mass is 9.82. The van der Waals surface area contributed by atoms with Crippen LogP contribution in [0.4, 0.5) is 5.82 Å².